The zero-order chi connectivity index (χ0) is 3.86. The van der Waals surface area contributed by atoms with Crippen LogP contribution in [0, 0.1) is 0 Å². The van der Waals surface area contributed by atoms with Crippen molar-refractivity contribution in [3.8, 4) is 0 Å². The summed E-state index contributed by atoms with van der Waals surface area (Å²) in [6.45, 7) is 2.18. The fourth-order valence-electron chi connectivity index (χ4n) is 0.196. The van der Waals surface area contributed by atoms with E-state index in [1.165, 1.54) is 0 Å². The van der Waals surface area contributed by atoms with E-state index in [-0.39, 0.29) is 0 Å². The first-order valence-corrected chi connectivity index (χ1v) is 2.95. The molecule has 0 radical (unpaired) electrons. The minimum atomic E-state index is 0.771. The molecule has 1 aliphatic rings. The number of alkyl halides is 1. The molecule has 30 valence electrons. The molecule has 0 bridgehead atoms. The Hall–Kier alpha value is 0.690. The first-order chi connectivity index (χ1) is 2.30. The molecule has 2 atom stereocenters. The molecule has 1 N–H and O–H groups in total. The van der Waals surface area contributed by atoms with E-state index in [9.17, 15) is 0 Å². The summed E-state index contributed by atoms with van der Waals surface area (Å²) >= 11 is 2.37. The third kappa shape index (κ3) is 0.758. The van der Waals surface area contributed by atoms with Crippen LogP contribution in [0.4, 0.5) is 0 Å². The zero-order valence-corrected chi connectivity index (χ0v) is 5.19. The van der Waals surface area contributed by atoms with Gasteiger partial charge in [-0.05, 0) is 6.92 Å². The maximum absolute atomic E-state index is 3.18. The SMILES string of the molecule is CC1NC1I. The average Bonchev–Trinajstić information content (AvgIpc) is 1.79. The molecule has 2 unspecified atom stereocenters. The molecule has 0 saturated carbocycles. The summed E-state index contributed by atoms with van der Waals surface area (Å²) < 4.78 is 0.771. The lowest BCUT2D eigenvalue weighted by atomic mass is 10.6. The molecule has 1 fully saturated rings. The van der Waals surface area contributed by atoms with E-state index in [1.807, 2.05) is 0 Å². The van der Waals surface area contributed by atoms with Crippen LogP contribution in [0.3, 0.4) is 0 Å². The van der Waals surface area contributed by atoms with Crippen molar-refractivity contribution in [2.75, 3.05) is 0 Å². The maximum atomic E-state index is 3.18. The third-order valence-corrected chi connectivity index (χ3v) is 2.19. The first kappa shape index (κ1) is 3.87. The van der Waals surface area contributed by atoms with E-state index in [1.54, 1.807) is 0 Å². The van der Waals surface area contributed by atoms with Gasteiger partial charge in [-0.15, -0.1) is 0 Å². The molecule has 1 heterocycles. The lowest BCUT2D eigenvalue weighted by Gasteiger charge is -1.60. The number of hydrogen-bond donors (Lipinski definition) is 1. The Morgan fingerprint density at radius 1 is 1.80 bits per heavy atom. The molecule has 1 saturated heterocycles. The number of nitrogens with one attached hydrogen (secondary N) is 1. The van der Waals surface area contributed by atoms with Crippen LogP contribution in [0.5, 0.6) is 0 Å². The predicted molar refractivity (Wildman–Crippen MR) is 30.4 cm³/mol. The Bertz CT molecular complexity index is 40.2. The molecule has 1 rings (SSSR count). The van der Waals surface area contributed by atoms with Gasteiger partial charge in [0.2, 0.25) is 0 Å². The molecule has 0 aromatic heterocycles. The molecule has 0 spiro atoms. The Kier molecular flexibility index (Phi) is 0.835. The minimum Gasteiger partial charge on any atom is -0.299 e. The fourth-order valence-corrected chi connectivity index (χ4v) is 0.763. The van der Waals surface area contributed by atoms with Gasteiger partial charge >= 0.3 is 0 Å². The fraction of sp³-hybridized carbons (Fsp3) is 1.00. The van der Waals surface area contributed by atoms with Crippen molar-refractivity contribution in [3.63, 3.8) is 0 Å². The van der Waals surface area contributed by atoms with Crippen molar-refractivity contribution in [2.45, 2.75) is 17.0 Å². The zero-order valence-electron chi connectivity index (χ0n) is 3.03. The molecule has 1 aliphatic heterocycles. The Morgan fingerprint density at radius 2 is 2.00 bits per heavy atom. The minimum absolute atomic E-state index is 0.771. The van der Waals surface area contributed by atoms with Gasteiger partial charge in [0.15, 0.2) is 0 Å². The highest BCUT2D eigenvalue weighted by atomic mass is 127. The van der Waals surface area contributed by atoms with Crippen molar-refractivity contribution in [2.24, 2.45) is 0 Å². The van der Waals surface area contributed by atoms with E-state index < -0.39 is 0 Å². The lowest BCUT2D eigenvalue weighted by Crippen LogP contribution is -1.73. The quantitative estimate of drug-likeness (QED) is 0.254. The molecule has 0 aromatic carbocycles. The van der Waals surface area contributed by atoms with Gasteiger partial charge in [0, 0.05) is 6.04 Å². The van der Waals surface area contributed by atoms with Crippen LogP contribution in [0.15, 0.2) is 0 Å². The molecular weight excluding hydrogens is 177 g/mol. The van der Waals surface area contributed by atoms with Crippen LogP contribution in [0.2, 0.25) is 0 Å². The van der Waals surface area contributed by atoms with Gasteiger partial charge < -0.3 is 0 Å². The summed E-state index contributed by atoms with van der Waals surface area (Å²) in [5, 5.41) is 3.18. The van der Waals surface area contributed by atoms with Crippen LogP contribution in [-0.2, 0) is 0 Å². The Balaban J connectivity index is 2.20. The topological polar surface area (TPSA) is 21.9 Å². The van der Waals surface area contributed by atoms with Crippen LogP contribution in [0.25, 0.3) is 0 Å². The second-order valence-electron chi connectivity index (χ2n) is 1.36. The van der Waals surface area contributed by atoms with Crippen molar-refractivity contribution in [1.29, 1.82) is 0 Å². The Labute approximate surface area is 45.3 Å². The predicted octanol–water partition coefficient (Wildman–Crippen LogP) is 0.739. The van der Waals surface area contributed by atoms with Crippen LogP contribution >= 0.6 is 22.6 Å². The van der Waals surface area contributed by atoms with E-state index in [4.69, 9.17) is 0 Å². The summed E-state index contributed by atoms with van der Waals surface area (Å²) in [5.41, 5.74) is 0. The lowest BCUT2D eigenvalue weighted by molar-refractivity contribution is 1.09. The summed E-state index contributed by atoms with van der Waals surface area (Å²) in [5.74, 6) is 0. The van der Waals surface area contributed by atoms with Crippen molar-refractivity contribution in [1.82, 2.24) is 5.32 Å². The molecule has 1 nitrogen and oxygen atoms in total. The van der Waals surface area contributed by atoms with Gasteiger partial charge in [-0.25, -0.2) is 0 Å². The summed E-state index contributed by atoms with van der Waals surface area (Å²) in [6, 6.07) is 0.788. The second kappa shape index (κ2) is 1.08. The Morgan fingerprint density at radius 3 is 2.00 bits per heavy atom. The third-order valence-electron chi connectivity index (χ3n) is 0.752. The largest absolute Gasteiger partial charge is 0.299 e. The van der Waals surface area contributed by atoms with E-state index in [0.29, 0.717) is 0 Å². The number of hydrogen-bond acceptors (Lipinski definition) is 1. The summed E-state index contributed by atoms with van der Waals surface area (Å²) in [4.78, 5) is 0. The molecule has 0 aliphatic carbocycles. The maximum Gasteiger partial charge on any atom is 0.0749 e. The van der Waals surface area contributed by atoms with Crippen molar-refractivity contribution < 1.29 is 0 Å². The van der Waals surface area contributed by atoms with Crippen molar-refractivity contribution in [3.05, 3.63) is 0 Å². The number of halogens is 1. The van der Waals surface area contributed by atoms with Gasteiger partial charge in [-0.1, -0.05) is 22.6 Å². The second-order valence-corrected chi connectivity index (χ2v) is 2.70. The van der Waals surface area contributed by atoms with Crippen LogP contribution in [-0.4, -0.2) is 10.1 Å². The van der Waals surface area contributed by atoms with Crippen LogP contribution in [0.1, 0.15) is 6.92 Å². The van der Waals surface area contributed by atoms with E-state index in [2.05, 4.69) is 34.8 Å². The van der Waals surface area contributed by atoms with Gasteiger partial charge in [0.05, 0.1) is 4.05 Å². The van der Waals surface area contributed by atoms with Crippen molar-refractivity contribution >= 4 is 22.6 Å². The van der Waals surface area contributed by atoms with Gasteiger partial charge in [0.25, 0.3) is 0 Å². The van der Waals surface area contributed by atoms with E-state index in [0.717, 1.165) is 10.1 Å². The molecule has 5 heavy (non-hydrogen) atoms. The smallest absolute Gasteiger partial charge is 0.0749 e. The number of rotatable bonds is 0. The van der Waals surface area contributed by atoms with E-state index >= 15 is 0 Å². The average molecular weight is 183 g/mol. The van der Waals surface area contributed by atoms with Gasteiger partial charge in [-0.2, -0.15) is 0 Å². The van der Waals surface area contributed by atoms with Gasteiger partial charge in [-0.3, -0.25) is 5.32 Å². The normalized spacial score (nSPS) is 49.2. The molecule has 2 heteroatoms. The molecule has 0 aromatic rings. The standard InChI is InChI=1S/C3H6IN/c1-2-3(4)5-2/h2-3,5H,1H3. The molecule has 0 amide bonds. The highest BCUT2D eigenvalue weighted by molar-refractivity contribution is 14.1. The summed E-state index contributed by atoms with van der Waals surface area (Å²) in [7, 11) is 0. The first-order valence-electron chi connectivity index (χ1n) is 1.71. The van der Waals surface area contributed by atoms with Gasteiger partial charge in [0.1, 0.15) is 0 Å². The highest BCUT2D eigenvalue weighted by Crippen LogP contribution is 2.15. The highest BCUT2D eigenvalue weighted by Gasteiger charge is 2.26. The monoisotopic (exact) mass is 183 g/mol. The van der Waals surface area contributed by atoms with Crippen LogP contribution < -0.4 is 5.32 Å². The summed E-state index contributed by atoms with van der Waals surface area (Å²) in [6.07, 6.45) is 0. The molecular formula is C3H6IN.